The van der Waals surface area contributed by atoms with Gasteiger partial charge in [-0.1, -0.05) is 24.3 Å². The Bertz CT molecular complexity index is 1150. The highest BCUT2D eigenvalue weighted by molar-refractivity contribution is 5.93. The number of pyridine rings is 1. The molecule has 34 heavy (non-hydrogen) atoms. The normalized spacial score (nSPS) is 12.7. The van der Waals surface area contributed by atoms with Crippen LogP contribution < -0.4 is 15.4 Å². The topological polar surface area (TPSA) is 83.5 Å². The van der Waals surface area contributed by atoms with Gasteiger partial charge in [0, 0.05) is 19.8 Å². The SMILES string of the molecule is CNc1cnccc1C(=O)O.Cc1cc(OCC(F)(F)F)ccc1-c1ccc2c(c1)CCNC2. The highest BCUT2D eigenvalue weighted by Crippen LogP contribution is 2.30. The second kappa shape index (κ2) is 11.0. The van der Waals surface area contributed by atoms with Crippen molar-refractivity contribution in [3.8, 4) is 16.9 Å². The molecule has 9 heteroatoms. The molecule has 0 aliphatic carbocycles. The lowest BCUT2D eigenvalue weighted by Gasteiger charge is -2.18. The minimum absolute atomic E-state index is 0.238. The van der Waals surface area contributed by atoms with Gasteiger partial charge in [-0.2, -0.15) is 13.2 Å². The molecule has 1 aliphatic heterocycles. The molecule has 0 radical (unpaired) electrons. The van der Waals surface area contributed by atoms with E-state index >= 15 is 0 Å². The van der Waals surface area contributed by atoms with Gasteiger partial charge in [0.2, 0.25) is 0 Å². The third-order valence-electron chi connectivity index (χ3n) is 5.33. The lowest BCUT2D eigenvalue weighted by molar-refractivity contribution is -0.153. The van der Waals surface area contributed by atoms with Gasteiger partial charge in [-0.05, 0) is 65.9 Å². The van der Waals surface area contributed by atoms with Crippen molar-refractivity contribution in [1.82, 2.24) is 10.3 Å². The molecule has 0 amide bonds. The molecule has 180 valence electrons. The van der Waals surface area contributed by atoms with Gasteiger partial charge < -0.3 is 20.5 Å². The van der Waals surface area contributed by atoms with Crippen LogP contribution in [0.15, 0.2) is 54.9 Å². The summed E-state index contributed by atoms with van der Waals surface area (Å²) in [5.41, 5.74) is 6.41. The van der Waals surface area contributed by atoms with Gasteiger partial charge in [-0.3, -0.25) is 4.98 Å². The number of hydrogen-bond acceptors (Lipinski definition) is 5. The summed E-state index contributed by atoms with van der Waals surface area (Å²) in [7, 11) is 1.66. The van der Waals surface area contributed by atoms with Crippen LogP contribution in [0.4, 0.5) is 18.9 Å². The average Bonchev–Trinajstić information content (AvgIpc) is 2.82. The number of carboxylic acid groups (broad SMARTS) is 1. The number of rotatable bonds is 5. The van der Waals surface area contributed by atoms with E-state index < -0.39 is 18.8 Å². The summed E-state index contributed by atoms with van der Waals surface area (Å²) < 4.78 is 41.4. The number of ether oxygens (including phenoxy) is 1. The summed E-state index contributed by atoms with van der Waals surface area (Å²) in [6.45, 7) is 2.48. The van der Waals surface area contributed by atoms with Gasteiger partial charge in [-0.15, -0.1) is 0 Å². The number of anilines is 1. The Morgan fingerprint density at radius 3 is 2.62 bits per heavy atom. The van der Waals surface area contributed by atoms with Crippen molar-refractivity contribution in [2.24, 2.45) is 0 Å². The van der Waals surface area contributed by atoms with Crippen molar-refractivity contribution in [2.75, 3.05) is 25.5 Å². The summed E-state index contributed by atoms with van der Waals surface area (Å²) in [4.78, 5) is 14.3. The maximum atomic E-state index is 12.2. The van der Waals surface area contributed by atoms with E-state index in [1.165, 1.54) is 29.6 Å². The first-order valence-corrected chi connectivity index (χ1v) is 10.7. The van der Waals surface area contributed by atoms with Crippen molar-refractivity contribution < 1.29 is 27.8 Å². The summed E-state index contributed by atoms with van der Waals surface area (Å²) >= 11 is 0. The molecular weight excluding hydrogens is 447 g/mol. The summed E-state index contributed by atoms with van der Waals surface area (Å²) in [6, 6.07) is 12.9. The lowest BCUT2D eigenvalue weighted by atomic mass is 9.93. The second-order valence-corrected chi connectivity index (χ2v) is 7.77. The zero-order valence-electron chi connectivity index (χ0n) is 18.9. The van der Waals surface area contributed by atoms with Crippen LogP contribution in [-0.2, 0) is 13.0 Å². The van der Waals surface area contributed by atoms with Crippen molar-refractivity contribution in [1.29, 1.82) is 0 Å². The van der Waals surface area contributed by atoms with E-state index in [2.05, 4.69) is 33.8 Å². The minimum atomic E-state index is -4.32. The highest BCUT2D eigenvalue weighted by atomic mass is 19.4. The van der Waals surface area contributed by atoms with E-state index in [1.54, 1.807) is 19.2 Å². The molecule has 6 nitrogen and oxygen atoms in total. The molecule has 0 spiro atoms. The van der Waals surface area contributed by atoms with Gasteiger partial charge in [0.25, 0.3) is 0 Å². The van der Waals surface area contributed by atoms with Gasteiger partial charge in [0.05, 0.1) is 17.4 Å². The highest BCUT2D eigenvalue weighted by Gasteiger charge is 2.28. The van der Waals surface area contributed by atoms with E-state index in [-0.39, 0.29) is 11.3 Å². The zero-order valence-corrected chi connectivity index (χ0v) is 18.9. The van der Waals surface area contributed by atoms with Crippen molar-refractivity contribution in [3.05, 3.63) is 77.1 Å². The Labute approximate surface area is 195 Å². The van der Waals surface area contributed by atoms with Crippen LogP contribution >= 0.6 is 0 Å². The van der Waals surface area contributed by atoms with Crippen LogP contribution in [0.2, 0.25) is 0 Å². The number of aryl methyl sites for hydroxylation is 1. The van der Waals surface area contributed by atoms with E-state index in [1.807, 2.05) is 13.0 Å². The maximum Gasteiger partial charge on any atom is 0.422 e. The number of aromatic carboxylic acids is 1. The van der Waals surface area contributed by atoms with Crippen molar-refractivity contribution >= 4 is 11.7 Å². The van der Waals surface area contributed by atoms with Gasteiger partial charge in [0.1, 0.15) is 5.75 Å². The van der Waals surface area contributed by atoms with Crippen LogP contribution in [0.5, 0.6) is 5.75 Å². The Balaban J connectivity index is 0.000000248. The molecule has 3 aromatic rings. The number of hydrogen-bond donors (Lipinski definition) is 3. The first-order chi connectivity index (χ1) is 16.2. The van der Waals surface area contributed by atoms with Gasteiger partial charge >= 0.3 is 12.1 Å². The molecule has 1 aliphatic rings. The lowest BCUT2D eigenvalue weighted by Crippen LogP contribution is -2.23. The number of alkyl halides is 3. The predicted octanol–water partition coefficient (Wildman–Crippen LogP) is 5.07. The quantitative estimate of drug-likeness (QED) is 0.480. The largest absolute Gasteiger partial charge is 0.484 e. The number of carboxylic acids is 1. The standard InChI is InChI=1S/C18H18F3NO.C7H8N2O2/c1-12-8-16(23-11-18(19,20)21)4-5-17(12)14-2-3-15-10-22-7-6-13(15)9-14;1-8-6-4-9-3-2-5(6)7(10)11/h2-5,8-9,22H,6-7,10-11H2,1H3;2-4,8H,1H3,(H,10,11). The van der Waals surface area contributed by atoms with E-state index in [0.29, 0.717) is 5.69 Å². The van der Waals surface area contributed by atoms with Gasteiger partial charge in [-0.25, -0.2) is 4.79 Å². The molecular formula is C25H26F3N3O3. The Kier molecular flexibility index (Phi) is 8.12. The fourth-order valence-corrected chi connectivity index (χ4v) is 3.64. The number of benzene rings is 2. The molecule has 1 aromatic heterocycles. The fourth-order valence-electron chi connectivity index (χ4n) is 3.64. The number of aromatic nitrogens is 1. The average molecular weight is 473 g/mol. The monoisotopic (exact) mass is 473 g/mol. The molecule has 3 N–H and O–H groups in total. The number of fused-ring (bicyclic) bond motifs is 1. The first-order valence-electron chi connectivity index (χ1n) is 10.7. The van der Waals surface area contributed by atoms with Crippen molar-refractivity contribution in [3.63, 3.8) is 0 Å². The molecule has 2 aromatic carbocycles. The predicted molar refractivity (Wildman–Crippen MR) is 124 cm³/mol. The number of carbonyl (C=O) groups is 1. The third-order valence-corrected chi connectivity index (χ3v) is 5.33. The van der Waals surface area contributed by atoms with Crippen LogP contribution in [0, 0.1) is 6.92 Å². The molecule has 0 unspecified atom stereocenters. The van der Waals surface area contributed by atoms with E-state index in [0.717, 1.165) is 36.2 Å². The smallest absolute Gasteiger partial charge is 0.422 e. The summed E-state index contributed by atoms with van der Waals surface area (Å²) in [5, 5.41) is 14.7. The molecule has 0 saturated carbocycles. The van der Waals surface area contributed by atoms with Crippen LogP contribution in [0.25, 0.3) is 11.1 Å². The molecule has 0 saturated heterocycles. The number of halogens is 3. The van der Waals surface area contributed by atoms with Crippen LogP contribution in [0.1, 0.15) is 27.0 Å². The third kappa shape index (κ3) is 6.71. The van der Waals surface area contributed by atoms with Crippen LogP contribution in [-0.4, -0.2) is 42.4 Å². The van der Waals surface area contributed by atoms with Gasteiger partial charge in [0.15, 0.2) is 6.61 Å². The zero-order chi connectivity index (χ0) is 24.7. The summed E-state index contributed by atoms with van der Waals surface area (Å²) in [5.74, 6) is -0.706. The molecule has 4 rings (SSSR count). The van der Waals surface area contributed by atoms with Crippen LogP contribution in [0.3, 0.4) is 0 Å². The first kappa shape index (κ1) is 25.0. The summed E-state index contributed by atoms with van der Waals surface area (Å²) in [6.07, 6.45) is -0.401. The van der Waals surface area contributed by atoms with E-state index in [4.69, 9.17) is 9.84 Å². The minimum Gasteiger partial charge on any atom is -0.484 e. The maximum absolute atomic E-state index is 12.2. The Morgan fingerprint density at radius 2 is 1.97 bits per heavy atom. The number of nitrogens with one attached hydrogen (secondary N) is 2. The molecule has 0 bridgehead atoms. The fraction of sp³-hybridized carbons (Fsp3) is 0.280. The van der Waals surface area contributed by atoms with E-state index in [9.17, 15) is 18.0 Å². The molecule has 2 heterocycles. The molecule has 0 atom stereocenters. The Hall–Kier alpha value is -3.59. The Morgan fingerprint density at radius 1 is 1.18 bits per heavy atom. The second-order valence-electron chi connectivity index (χ2n) is 7.77. The number of nitrogens with zero attached hydrogens (tertiary/aromatic N) is 1. The van der Waals surface area contributed by atoms with Crippen molar-refractivity contribution in [2.45, 2.75) is 26.1 Å². The molecule has 0 fully saturated rings.